The molecule has 1 rings (SSSR count). The predicted molar refractivity (Wildman–Crippen MR) is 57.6 cm³/mol. The van der Waals surface area contributed by atoms with Crippen LogP contribution in [-0.2, 0) is 30.1 Å². The Morgan fingerprint density at radius 3 is 2.17 bits per heavy atom. The van der Waals surface area contributed by atoms with Crippen molar-refractivity contribution in [2.45, 2.75) is 24.5 Å². The number of hydrogen-bond donors (Lipinski definition) is 0. The fourth-order valence-electron chi connectivity index (χ4n) is 2.24. The van der Waals surface area contributed by atoms with Crippen molar-refractivity contribution in [3.05, 3.63) is 0 Å². The average Bonchev–Trinajstić information content (AvgIpc) is 2.35. The van der Waals surface area contributed by atoms with E-state index in [-0.39, 0.29) is 29.6 Å². The summed E-state index contributed by atoms with van der Waals surface area (Å²) in [6.45, 7) is 0. The van der Waals surface area contributed by atoms with Crippen molar-refractivity contribution in [1.82, 2.24) is 0 Å². The van der Waals surface area contributed by atoms with Gasteiger partial charge in [-0.2, -0.15) is 0 Å². The van der Waals surface area contributed by atoms with Gasteiger partial charge in [0, 0.05) is 5.25 Å². The Balaban J connectivity index is 0.00000289. The van der Waals surface area contributed by atoms with Gasteiger partial charge in [0.05, 0.1) is 26.1 Å². The van der Waals surface area contributed by atoms with Crippen LogP contribution in [0.3, 0.4) is 0 Å². The normalized spacial score (nSPS) is 28.7. The van der Waals surface area contributed by atoms with Gasteiger partial charge in [-0.15, -0.1) is 0 Å². The van der Waals surface area contributed by atoms with Crippen LogP contribution in [0.5, 0.6) is 0 Å². The Labute approximate surface area is 130 Å². The number of carbonyl (C=O) groups excluding carboxylic acids is 2. The molecule has 0 bridgehead atoms. The first-order valence-electron chi connectivity index (χ1n) is 5.26. The molecule has 0 aromatic rings. The number of esters is 2. The van der Waals surface area contributed by atoms with Gasteiger partial charge in [0.15, 0.2) is 0 Å². The van der Waals surface area contributed by atoms with Gasteiger partial charge in [0.1, 0.15) is 0 Å². The van der Waals surface area contributed by atoms with Crippen molar-refractivity contribution in [1.29, 1.82) is 0 Å². The molecule has 18 heavy (non-hydrogen) atoms. The molecule has 0 radical (unpaired) electrons. The van der Waals surface area contributed by atoms with Crippen molar-refractivity contribution in [2.75, 3.05) is 14.2 Å². The number of carbonyl (C=O) groups is 2. The molecule has 0 aromatic heterocycles. The number of hydrogen-bond acceptors (Lipinski definition) is 6. The van der Waals surface area contributed by atoms with Crippen LogP contribution in [0.1, 0.15) is 19.3 Å². The predicted octanol–water partition coefficient (Wildman–Crippen LogP) is -3.00. The van der Waals surface area contributed by atoms with Gasteiger partial charge >= 0.3 is 41.5 Å². The summed E-state index contributed by atoms with van der Waals surface area (Å²) in [5.74, 6) is -2.92. The molecule has 0 aliphatic heterocycles. The van der Waals surface area contributed by atoms with Crippen molar-refractivity contribution >= 4 is 23.0 Å². The quantitative estimate of drug-likeness (QED) is 0.312. The smallest absolute Gasteiger partial charge is 0.772 e. The number of methoxy groups -OCH3 is 2. The number of rotatable bonds is 3. The summed E-state index contributed by atoms with van der Waals surface area (Å²) in [5.41, 5.74) is 0. The Hall–Kier alpha value is 0.0500. The standard InChI is InChI=1S/C10H16O6S.Na/c1-15-9(11)6-4-3-5-7(17(13)14)8(6)10(12)16-2;/h6-8H,3-5H2,1-2H3,(H,13,14);/q;+1/p-1. The van der Waals surface area contributed by atoms with Crippen LogP contribution in [0.25, 0.3) is 0 Å². The number of ether oxygens (including phenoxy) is 2. The van der Waals surface area contributed by atoms with E-state index in [9.17, 15) is 18.4 Å². The molecule has 1 saturated carbocycles. The minimum atomic E-state index is -2.40. The van der Waals surface area contributed by atoms with Crippen LogP contribution in [0, 0.1) is 11.8 Å². The maximum absolute atomic E-state index is 11.6. The van der Waals surface area contributed by atoms with Crippen molar-refractivity contribution in [3.8, 4) is 0 Å². The van der Waals surface area contributed by atoms with Gasteiger partial charge in [-0.3, -0.25) is 13.8 Å². The molecular weight excluding hydrogens is 271 g/mol. The fraction of sp³-hybridized carbons (Fsp3) is 0.800. The van der Waals surface area contributed by atoms with E-state index in [1.165, 1.54) is 14.2 Å². The van der Waals surface area contributed by atoms with E-state index < -0.39 is 40.1 Å². The molecule has 4 unspecified atom stereocenters. The Morgan fingerprint density at radius 1 is 1.17 bits per heavy atom. The first-order chi connectivity index (χ1) is 8.02. The van der Waals surface area contributed by atoms with E-state index in [2.05, 4.69) is 9.47 Å². The van der Waals surface area contributed by atoms with Crippen LogP contribution < -0.4 is 29.6 Å². The van der Waals surface area contributed by atoms with Crippen LogP contribution >= 0.6 is 0 Å². The third-order valence-corrected chi connectivity index (χ3v) is 4.09. The maximum atomic E-state index is 11.6. The molecule has 0 spiro atoms. The zero-order valence-electron chi connectivity index (χ0n) is 10.7. The molecule has 8 heteroatoms. The third-order valence-electron chi connectivity index (χ3n) is 3.06. The monoisotopic (exact) mass is 286 g/mol. The van der Waals surface area contributed by atoms with E-state index in [0.717, 1.165) is 0 Å². The topological polar surface area (TPSA) is 92.7 Å². The second-order valence-corrected chi connectivity index (χ2v) is 5.03. The molecule has 6 nitrogen and oxygen atoms in total. The van der Waals surface area contributed by atoms with E-state index in [1.54, 1.807) is 0 Å². The second-order valence-electron chi connectivity index (χ2n) is 3.91. The molecule has 98 valence electrons. The first kappa shape index (κ1) is 18.0. The maximum Gasteiger partial charge on any atom is 1.00 e. The van der Waals surface area contributed by atoms with Gasteiger partial charge in [-0.05, 0) is 12.8 Å². The summed E-state index contributed by atoms with van der Waals surface area (Å²) >= 11 is -2.40. The SMILES string of the molecule is COC(=O)C1CCCC(S(=O)[O-])C1C(=O)OC.[Na+]. The van der Waals surface area contributed by atoms with E-state index in [1.807, 2.05) is 0 Å². The van der Waals surface area contributed by atoms with Crippen molar-refractivity contribution in [3.63, 3.8) is 0 Å². The Kier molecular flexibility index (Phi) is 8.29. The first-order valence-corrected chi connectivity index (χ1v) is 6.40. The van der Waals surface area contributed by atoms with Gasteiger partial charge in [-0.1, -0.05) is 17.5 Å². The van der Waals surface area contributed by atoms with E-state index in [4.69, 9.17) is 0 Å². The molecule has 0 amide bonds. The Bertz CT molecular complexity index is 334. The summed E-state index contributed by atoms with van der Waals surface area (Å²) in [6, 6.07) is 0. The molecule has 0 saturated heterocycles. The minimum absolute atomic E-state index is 0. The summed E-state index contributed by atoms with van der Waals surface area (Å²) in [5, 5.41) is -0.875. The molecule has 0 N–H and O–H groups in total. The van der Waals surface area contributed by atoms with Crippen LogP contribution in [-0.4, -0.2) is 40.2 Å². The third kappa shape index (κ3) is 4.03. The fourth-order valence-corrected chi connectivity index (χ4v) is 3.14. The Morgan fingerprint density at radius 2 is 1.72 bits per heavy atom. The van der Waals surface area contributed by atoms with Crippen LogP contribution in [0.15, 0.2) is 0 Å². The summed E-state index contributed by atoms with van der Waals surface area (Å²) in [7, 11) is 2.39. The average molecular weight is 286 g/mol. The minimum Gasteiger partial charge on any atom is -0.772 e. The molecule has 1 aliphatic carbocycles. The zero-order valence-corrected chi connectivity index (χ0v) is 13.5. The zero-order chi connectivity index (χ0) is 13.0. The van der Waals surface area contributed by atoms with Crippen molar-refractivity contribution in [2.24, 2.45) is 11.8 Å². The van der Waals surface area contributed by atoms with E-state index >= 15 is 0 Å². The summed E-state index contributed by atoms with van der Waals surface area (Å²) < 4.78 is 31.3. The molecular formula is C10H15NaO6S. The van der Waals surface area contributed by atoms with Crippen molar-refractivity contribution < 1.29 is 57.4 Å². The van der Waals surface area contributed by atoms with Gasteiger partial charge in [0.25, 0.3) is 0 Å². The largest absolute Gasteiger partial charge is 1.00 e. The molecule has 0 heterocycles. The summed E-state index contributed by atoms with van der Waals surface area (Å²) in [6.07, 6.45) is 1.38. The second kappa shape index (κ2) is 8.27. The molecule has 1 aliphatic rings. The molecule has 1 fully saturated rings. The van der Waals surface area contributed by atoms with E-state index in [0.29, 0.717) is 19.3 Å². The van der Waals surface area contributed by atoms with Crippen LogP contribution in [0.4, 0.5) is 0 Å². The van der Waals surface area contributed by atoms with Gasteiger partial charge in [0.2, 0.25) is 0 Å². The molecule has 0 aromatic carbocycles. The summed E-state index contributed by atoms with van der Waals surface area (Å²) in [4.78, 5) is 23.1. The van der Waals surface area contributed by atoms with Gasteiger partial charge < -0.3 is 14.0 Å². The molecule has 4 atom stereocenters. The van der Waals surface area contributed by atoms with Gasteiger partial charge in [-0.25, -0.2) is 0 Å². The van der Waals surface area contributed by atoms with Crippen LogP contribution in [0.2, 0.25) is 0 Å².